The van der Waals surface area contributed by atoms with Gasteiger partial charge in [0.05, 0.1) is 22.1 Å². The van der Waals surface area contributed by atoms with E-state index in [0.717, 1.165) is 15.5 Å². The van der Waals surface area contributed by atoms with Gasteiger partial charge in [0.1, 0.15) is 5.75 Å². The van der Waals surface area contributed by atoms with E-state index in [0.29, 0.717) is 41.5 Å². The Morgan fingerprint density at radius 3 is 2.49 bits per heavy atom. The first-order chi connectivity index (χ1) is 17.7. The lowest BCUT2D eigenvalue weighted by Gasteiger charge is -2.32. The van der Waals surface area contributed by atoms with Crippen LogP contribution in [-0.4, -0.2) is 54.0 Å². The monoisotopic (exact) mass is 564 g/mol. The van der Waals surface area contributed by atoms with Crippen molar-refractivity contribution in [3.8, 4) is 5.75 Å². The molecule has 0 aromatic heterocycles. The third kappa shape index (κ3) is 8.42. The van der Waals surface area contributed by atoms with E-state index >= 15 is 0 Å². The van der Waals surface area contributed by atoms with Crippen molar-refractivity contribution < 1.29 is 24.2 Å². The number of rotatable bonds is 10. The molecule has 2 N–H and O–H groups in total. The number of carboxylic acids is 1. The van der Waals surface area contributed by atoms with Crippen molar-refractivity contribution in [1.29, 1.82) is 0 Å². The van der Waals surface area contributed by atoms with Crippen LogP contribution in [0.5, 0.6) is 5.75 Å². The van der Waals surface area contributed by atoms with Gasteiger partial charge in [-0.1, -0.05) is 60.1 Å². The molecule has 1 aliphatic rings. The first kappa shape index (κ1) is 28.9. The van der Waals surface area contributed by atoms with Gasteiger partial charge in [-0.25, -0.2) is 0 Å². The van der Waals surface area contributed by atoms with Gasteiger partial charge in [-0.3, -0.25) is 14.4 Å². The number of hydrogen-bond donors (Lipinski definition) is 2. The molecular weight excluding hydrogens is 535 g/mol. The van der Waals surface area contributed by atoms with Gasteiger partial charge in [-0.15, -0.1) is 0 Å². The third-order valence-electron chi connectivity index (χ3n) is 6.00. The summed E-state index contributed by atoms with van der Waals surface area (Å²) >= 11 is 14.5. The van der Waals surface area contributed by atoms with Gasteiger partial charge in [0.2, 0.25) is 11.8 Å². The fraction of sp³-hybridized carbons (Fsp3) is 0.370. The first-order valence-corrected chi connectivity index (χ1v) is 13.5. The number of nitrogens with zero attached hydrogens (tertiary/aromatic N) is 1. The molecule has 0 aliphatic carbocycles. The summed E-state index contributed by atoms with van der Waals surface area (Å²) < 4.78 is 5.40. The number of para-hydroxylation sites is 1. The molecule has 3 rings (SSSR count). The number of hydrogen-bond acceptors (Lipinski definition) is 5. The number of halogens is 2. The molecule has 0 bridgehead atoms. The lowest BCUT2D eigenvalue weighted by atomic mass is 10.0. The number of piperidine rings is 1. The van der Waals surface area contributed by atoms with Gasteiger partial charge >= 0.3 is 5.97 Å². The molecule has 10 heteroatoms. The van der Waals surface area contributed by atoms with E-state index in [9.17, 15) is 14.4 Å². The van der Waals surface area contributed by atoms with E-state index in [1.807, 2.05) is 36.4 Å². The number of ether oxygens (including phenoxy) is 1. The largest absolute Gasteiger partial charge is 0.496 e. The number of aliphatic carboxylic acids is 1. The van der Waals surface area contributed by atoms with Crippen LogP contribution in [0.15, 0.2) is 52.3 Å². The highest BCUT2D eigenvalue weighted by Gasteiger charge is 2.23. The van der Waals surface area contributed by atoms with Gasteiger partial charge in [0, 0.05) is 42.9 Å². The molecule has 198 valence electrons. The highest BCUT2D eigenvalue weighted by molar-refractivity contribution is 7.99. The standard InChI is InChI=1S/C27H30Cl2N2O5S/c1-17(16-25(34)35)15-23(32)30-19-11-13-31(14-12-19)24(33)10-8-18-7-9-22(27(29)26(18)28)37-21-6-4-3-5-20(21)36-2/h3-10,17,19H,11-16H2,1-2H3,(H,30,32)(H,34,35)/b10-8+. The Kier molecular flexibility index (Phi) is 10.7. The number of nitrogens with one attached hydrogen (secondary N) is 1. The van der Waals surface area contributed by atoms with Crippen LogP contribution in [0.3, 0.4) is 0 Å². The van der Waals surface area contributed by atoms with Crippen LogP contribution in [0.25, 0.3) is 6.08 Å². The Bertz CT molecular complexity index is 1170. The van der Waals surface area contributed by atoms with Crippen molar-refractivity contribution in [3.05, 3.63) is 58.1 Å². The predicted molar refractivity (Wildman–Crippen MR) is 146 cm³/mol. The van der Waals surface area contributed by atoms with Crippen LogP contribution in [0.2, 0.25) is 10.0 Å². The molecule has 1 atom stereocenters. The first-order valence-electron chi connectivity index (χ1n) is 11.9. The number of amides is 2. The number of benzene rings is 2. The number of methoxy groups -OCH3 is 1. The van der Waals surface area contributed by atoms with E-state index in [4.69, 9.17) is 33.0 Å². The summed E-state index contributed by atoms with van der Waals surface area (Å²) in [5, 5.41) is 12.6. The normalized spacial score (nSPS) is 15.0. The van der Waals surface area contributed by atoms with Crippen molar-refractivity contribution in [2.75, 3.05) is 20.2 Å². The average Bonchev–Trinajstić information content (AvgIpc) is 2.86. The molecule has 1 heterocycles. The number of likely N-dealkylation sites (tertiary alicyclic amines) is 1. The molecule has 37 heavy (non-hydrogen) atoms. The zero-order chi connectivity index (χ0) is 26.9. The maximum absolute atomic E-state index is 12.7. The second-order valence-electron chi connectivity index (χ2n) is 8.94. The second kappa shape index (κ2) is 13.7. The molecule has 0 spiro atoms. The van der Waals surface area contributed by atoms with Gasteiger partial charge in [-0.2, -0.15) is 0 Å². The molecule has 0 saturated carbocycles. The van der Waals surface area contributed by atoms with E-state index in [1.54, 1.807) is 25.0 Å². The lowest BCUT2D eigenvalue weighted by Crippen LogP contribution is -2.46. The fourth-order valence-corrected chi connectivity index (χ4v) is 5.59. The third-order valence-corrected chi connectivity index (χ3v) is 8.13. The van der Waals surface area contributed by atoms with E-state index in [-0.39, 0.29) is 36.6 Å². The topological polar surface area (TPSA) is 95.9 Å². The molecule has 2 amide bonds. The molecule has 2 aromatic rings. The Balaban J connectivity index is 1.53. The molecule has 1 aliphatic heterocycles. The molecule has 1 saturated heterocycles. The van der Waals surface area contributed by atoms with Gasteiger partial charge in [0.15, 0.2) is 0 Å². The van der Waals surface area contributed by atoms with Gasteiger partial charge < -0.3 is 20.1 Å². The van der Waals surface area contributed by atoms with Gasteiger partial charge in [0.25, 0.3) is 0 Å². The number of carbonyl (C=O) groups is 3. The van der Waals surface area contributed by atoms with E-state index in [1.165, 1.54) is 17.8 Å². The minimum Gasteiger partial charge on any atom is -0.496 e. The maximum Gasteiger partial charge on any atom is 0.303 e. The highest BCUT2D eigenvalue weighted by atomic mass is 35.5. The average molecular weight is 566 g/mol. The van der Waals surface area contributed by atoms with Crippen LogP contribution in [0.1, 0.15) is 38.2 Å². The minimum absolute atomic E-state index is 0.0286. The maximum atomic E-state index is 12.7. The van der Waals surface area contributed by atoms with Crippen molar-refractivity contribution in [3.63, 3.8) is 0 Å². The molecule has 7 nitrogen and oxygen atoms in total. The Morgan fingerprint density at radius 2 is 1.81 bits per heavy atom. The Labute approximate surface area is 231 Å². The fourth-order valence-electron chi connectivity index (χ4n) is 4.06. The predicted octanol–water partition coefficient (Wildman–Crippen LogP) is 5.77. The van der Waals surface area contributed by atoms with Crippen LogP contribution >= 0.6 is 35.0 Å². The summed E-state index contributed by atoms with van der Waals surface area (Å²) in [5.41, 5.74) is 0.641. The van der Waals surface area contributed by atoms with Crippen molar-refractivity contribution in [1.82, 2.24) is 10.2 Å². The quantitative estimate of drug-likeness (QED) is 0.355. The number of carboxylic acid groups (broad SMARTS) is 1. The van der Waals surface area contributed by atoms with Crippen LogP contribution < -0.4 is 10.1 Å². The van der Waals surface area contributed by atoms with Crippen LogP contribution in [-0.2, 0) is 14.4 Å². The summed E-state index contributed by atoms with van der Waals surface area (Å²) in [6, 6.07) is 11.3. The summed E-state index contributed by atoms with van der Waals surface area (Å²) in [5.74, 6) is -0.688. The van der Waals surface area contributed by atoms with Crippen LogP contribution in [0, 0.1) is 5.92 Å². The highest BCUT2D eigenvalue weighted by Crippen LogP contribution is 2.42. The molecule has 0 radical (unpaired) electrons. The Hall–Kier alpha value is -2.68. The van der Waals surface area contributed by atoms with Crippen molar-refractivity contribution in [2.45, 2.75) is 48.4 Å². The SMILES string of the molecule is COc1ccccc1Sc1ccc(/C=C/C(=O)N2CCC(NC(=O)CC(C)CC(=O)O)CC2)c(Cl)c1Cl. The molecule has 2 aromatic carbocycles. The van der Waals surface area contributed by atoms with Crippen LogP contribution in [0.4, 0.5) is 0 Å². The lowest BCUT2D eigenvalue weighted by molar-refractivity contribution is -0.138. The Morgan fingerprint density at radius 1 is 1.11 bits per heavy atom. The summed E-state index contributed by atoms with van der Waals surface area (Å²) in [6.07, 6.45) is 4.56. The van der Waals surface area contributed by atoms with E-state index < -0.39 is 5.97 Å². The minimum atomic E-state index is -0.911. The van der Waals surface area contributed by atoms with Crippen molar-refractivity contribution in [2.24, 2.45) is 5.92 Å². The summed E-state index contributed by atoms with van der Waals surface area (Å²) in [6.45, 7) is 2.77. The van der Waals surface area contributed by atoms with Crippen molar-refractivity contribution >= 4 is 58.8 Å². The summed E-state index contributed by atoms with van der Waals surface area (Å²) in [4.78, 5) is 39.1. The zero-order valence-electron chi connectivity index (χ0n) is 20.7. The number of carbonyl (C=O) groups excluding carboxylic acids is 2. The molecular formula is C27H30Cl2N2O5S. The molecule has 1 fully saturated rings. The van der Waals surface area contributed by atoms with Gasteiger partial charge in [-0.05, 0) is 48.6 Å². The second-order valence-corrected chi connectivity index (χ2v) is 10.8. The summed E-state index contributed by atoms with van der Waals surface area (Å²) in [7, 11) is 1.61. The van der Waals surface area contributed by atoms with E-state index in [2.05, 4.69) is 5.32 Å². The smallest absolute Gasteiger partial charge is 0.303 e. The molecule has 1 unspecified atom stereocenters. The zero-order valence-corrected chi connectivity index (χ0v) is 23.0.